The molecule has 0 radical (unpaired) electrons. The summed E-state index contributed by atoms with van der Waals surface area (Å²) in [6.07, 6.45) is 2.33. The summed E-state index contributed by atoms with van der Waals surface area (Å²) in [5.74, 6) is -1.22. The van der Waals surface area contributed by atoms with E-state index < -0.39 is 11.5 Å². The molecule has 0 aliphatic carbocycles. The molecule has 0 fully saturated rings. The highest BCUT2D eigenvalue weighted by atomic mass is 32.2. The van der Waals surface area contributed by atoms with Crippen LogP contribution in [0.2, 0.25) is 0 Å². The summed E-state index contributed by atoms with van der Waals surface area (Å²) in [5.41, 5.74) is -0.351. The molecule has 20 heavy (non-hydrogen) atoms. The molecule has 1 aromatic rings. The Morgan fingerprint density at radius 1 is 1.35 bits per heavy atom. The Morgan fingerprint density at radius 2 is 2.00 bits per heavy atom. The van der Waals surface area contributed by atoms with Gasteiger partial charge < -0.3 is 10.4 Å². The molecule has 0 aliphatic heterocycles. The number of carboxylic acid groups (broad SMARTS) is 1. The third-order valence-electron chi connectivity index (χ3n) is 3.20. The zero-order valence-corrected chi connectivity index (χ0v) is 12.7. The Morgan fingerprint density at radius 3 is 2.55 bits per heavy atom. The van der Waals surface area contributed by atoms with Gasteiger partial charge in [-0.05, 0) is 31.7 Å². The van der Waals surface area contributed by atoms with Crippen LogP contribution in [0, 0.1) is 0 Å². The standard InChI is InChI=1S/C14H20N2O3S/c1-4-14(2,13(18)19)15-9-12(17)16-10-7-5-6-8-11(10)20-3/h5-8,15H,4,9H2,1-3H3,(H,16,17)(H,18,19). The molecule has 3 N–H and O–H groups in total. The fourth-order valence-corrected chi connectivity index (χ4v) is 2.12. The Hall–Kier alpha value is -1.53. The third kappa shape index (κ3) is 4.25. The van der Waals surface area contributed by atoms with Crippen LogP contribution in [-0.2, 0) is 9.59 Å². The lowest BCUT2D eigenvalue weighted by atomic mass is 9.99. The van der Waals surface area contributed by atoms with Crippen molar-refractivity contribution in [2.45, 2.75) is 30.7 Å². The van der Waals surface area contributed by atoms with E-state index in [9.17, 15) is 9.59 Å². The lowest BCUT2D eigenvalue weighted by Gasteiger charge is -2.24. The summed E-state index contributed by atoms with van der Waals surface area (Å²) < 4.78 is 0. The summed E-state index contributed by atoms with van der Waals surface area (Å²) >= 11 is 1.54. The van der Waals surface area contributed by atoms with Crippen LogP contribution in [-0.4, -0.2) is 35.3 Å². The summed E-state index contributed by atoms with van der Waals surface area (Å²) in [5, 5.41) is 14.7. The Balaban J connectivity index is 2.62. The number of carboxylic acids is 1. The number of hydrogen-bond donors (Lipinski definition) is 3. The molecule has 1 aromatic carbocycles. The highest BCUT2D eigenvalue weighted by molar-refractivity contribution is 7.98. The first-order valence-corrected chi connectivity index (χ1v) is 7.56. The monoisotopic (exact) mass is 296 g/mol. The quantitative estimate of drug-likeness (QED) is 0.672. The highest BCUT2D eigenvalue weighted by Crippen LogP contribution is 2.24. The molecule has 0 saturated heterocycles. The molecule has 6 heteroatoms. The van der Waals surface area contributed by atoms with Gasteiger partial charge in [0.25, 0.3) is 0 Å². The predicted molar refractivity (Wildman–Crippen MR) is 81.2 cm³/mol. The number of carbonyl (C=O) groups excluding carboxylic acids is 1. The summed E-state index contributed by atoms with van der Waals surface area (Å²) in [4.78, 5) is 24.0. The van der Waals surface area contributed by atoms with Gasteiger partial charge in [-0.15, -0.1) is 11.8 Å². The van der Waals surface area contributed by atoms with Crippen LogP contribution in [0.5, 0.6) is 0 Å². The van der Waals surface area contributed by atoms with Crippen LogP contribution in [0.3, 0.4) is 0 Å². The van der Waals surface area contributed by atoms with Crippen molar-refractivity contribution in [3.8, 4) is 0 Å². The van der Waals surface area contributed by atoms with E-state index in [0.29, 0.717) is 6.42 Å². The number of carbonyl (C=O) groups is 2. The van der Waals surface area contributed by atoms with Gasteiger partial charge in [-0.3, -0.25) is 14.9 Å². The van der Waals surface area contributed by atoms with Crippen LogP contribution < -0.4 is 10.6 Å². The molecular weight excluding hydrogens is 276 g/mol. The smallest absolute Gasteiger partial charge is 0.323 e. The molecule has 0 aromatic heterocycles. The van der Waals surface area contributed by atoms with E-state index in [1.165, 1.54) is 0 Å². The van der Waals surface area contributed by atoms with E-state index in [2.05, 4.69) is 10.6 Å². The van der Waals surface area contributed by atoms with E-state index in [0.717, 1.165) is 10.6 Å². The minimum atomic E-state index is -1.09. The molecule has 0 heterocycles. The number of para-hydroxylation sites is 1. The van der Waals surface area contributed by atoms with E-state index in [1.54, 1.807) is 25.6 Å². The van der Waals surface area contributed by atoms with Crippen molar-refractivity contribution in [2.24, 2.45) is 0 Å². The number of anilines is 1. The maximum atomic E-state index is 11.9. The normalized spacial score (nSPS) is 13.6. The van der Waals surface area contributed by atoms with Gasteiger partial charge >= 0.3 is 5.97 Å². The molecule has 5 nitrogen and oxygen atoms in total. The van der Waals surface area contributed by atoms with Crippen LogP contribution in [0.15, 0.2) is 29.2 Å². The average Bonchev–Trinajstić information content (AvgIpc) is 2.45. The second-order valence-electron chi connectivity index (χ2n) is 4.59. The summed E-state index contributed by atoms with van der Waals surface area (Å²) in [7, 11) is 0. The van der Waals surface area contributed by atoms with Crippen molar-refractivity contribution >= 4 is 29.3 Å². The van der Waals surface area contributed by atoms with Gasteiger partial charge in [0, 0.05) is 4.90 Å². The maximum absolute atomic E-state index is 11.9. The molecule has 0 saturated carbocycles. The number of hydrogen-bond acceptors (Lipinski definition) is 4. The van der Waals surface area contributed by atoms with Crippen LogP contribution in [0.4, 0.5) is 5.69 Å². The molecule has 1 atom stereocenters. The first-order valence-electron chi connectivity index (χ1n) is 6.34. The number of amides is 1. The Kier molecular flexibility index (Phi) is 6.04. The Labute approximate surface area is 123 Å². The predicted octanol–water partition coefficient (Wildman–Crippen LogP) is 2.19. The number of thioether (sulfide) groups is 1. The number of rotatable bonds is 7. The fraction of sp³-hybridized carbons (Fsp3) is 0.429. The van der Waals surface area contributed by atoms with E-state index in [-0.39, 0.29) is 12.5 Å². The van der Waals surface area contributed by atoms with Gasteiger partial charge in [-0.1, -0.05) is 19.1 Å². The second-order valence-corrected chi connectivity index (χ2v) is 5.44. The second kappa shape index (κ2) is 7.31. The molecule has 1 rings (SSSR count). The molecule has 1 unspecified atom stereocenters. The molecule has 0 bridgehead atoms. The largest absolute Gasteiger partial charge is 0.480 e. The first-order chi connectivity index (χ1) is 9.42. The minimum Gasteiger partial charge on any atom is -0.480 e. The van der Waals surface area contributed by atoms with Gasteiger partial charge in [0.05, 0.1) is 12.2 Å². The van der Waals surface area contributed by atoms with Gasteiger partial charge in [0.2, 0.25) is 5.91 Å². The summed E-state index contributed by atoms with van der Waals surface area (Å²) in [6.45, 7) is 3.29. The van der Waals surface area contributed by atoms with Gasteiger partial charge in [-0.25, -0.2) is 0 Å². The molecule has 110 valence electrons. The van der Waals surface area contributed by atoms with Gasteiger partial charge in [0.15, 0.2) is 0 Å². The van der Waals surface area contributed by atoms with Crippen molar-refractivity contribution in [2.75, 3.05) is 18.1 Å². The molecule has 0 spiro atoms. The number of nitrogens with one attached hydrogen (secondary N) is 2. The van der Waals surface area contributed by atoms with Gasteiger partial charge in [0.1, 0.15) is 5.54 Å². The molecule has 1 amide bonds. The van der Waals surface area contributed by atoms with Crippen molar-refractivity contribution in [1.82, 2.24) is 5.32 Å². The summed E-state index contributed by atoms with van der Waals surface area (Å²) in [6, 6.07) is 7.48. The lowest BCUT2D eigenvalue weighted by Crippen LogP contribution is -2.51. The van der Waals surface area contributed by atoms with E-state index in [4.69, 9.17) is 5.11 Å². The zero-order valence-electron chi connectivity index (χ0n) is 11.9. The van der Waals surface area contributed by atoms with Crippen molar-refractivity contribution in [3.05, 3.63) is 24.3 Å². The lowest BCUT2D eigenvalue weighted by molar-refractivity contribution is -0.144. The van der Waals surface area contributed by atoms with Crippen LogP contribution >= 0.6 is 11.8 Å². The Bertz CT molecular complexity index is 493. The van der Waals surface area contributed by atoms with Gasteiger partial charge in [-0.2, -0.15) is 0 Å². The van der Waals surface area contributed by atoms with E-state index in [1.807, 2.05) is 30.5 Å². The van der Waals surface area contributed by atoms with E-state index >= 15 is 0 Å². The maximum Gasteiger partial charge on any atom is 0.323 e. The molecule has 0 aliphatic rings. The highest BCUT2D eigenvalue weighted by Gasteiger charge is 2.30. The third-order valence-corrected chi connectivity index (χ3v) is 4.00. The van der Waals surface area contributed by atoms with Crippen molar-refractivity contribution in [1.29, 1.82) is 0 Å². The topological polar surface area (TPSA) is 78.4 Å². The number of aliphatic carboxylic acids is 1. The van der Waals surface area contributed by atoms with Crippen molar-refractivity contribution in [3.63, 3.8) is 0 Å². The minimum absolute atomic E-state index is 0.0423. The first kappa shape index (κ1) is 16.5. The van der Waals surface area contributed by atoms with Crippen molar-refractivity contribution < 1.29 is 14.7 Å². The molecular formula is C14H20N2O3S. The SMILES string of the molecule is CCC(C)(NCC(=O)Nc1ccccc1SC)C(=O)O. The fourth-order valence-electron chi connectivity index (χ4n) is 1.57. The van der Waals surface area contributed by atoms with Crippen LogP contribution in [0.25, 0.3) is 0 Å². The number of benzene rings is 1. The van der Waals surface area contributed by atoms with Crippen LogP contribution in [0.1, 0.15) is 20.3 Å². The average molecular weight is 296 g/mol. The zero-order chi connectivity index (χ0) is 15.2.